The highest BCUT2D eigenvalue weighted by Crippen LogP contribution is 2.23. The van der Waals surface area contributed by atoms with E-state index in [2.05, 4.69) is 5.32 Å². The van der Waals surface area contributed by atoms with E-state index in [1.165, 1.54) is 0 Å². The Bertz CT molecular complexity index is 715. The van der Waals surface area contributed by atoms with Crippen molar-refractivity contribution >= 4 is 17.5 Å². The van der Waals surface area contributed by atoms with Gasteiger partial charge in [0, 0.05) is 12.2 Å². The normalized spacial score (nSPS) is 18.6. The number of rotatable bonds is 6. The fourth-order valence-corrected chi connectivity index (χ4v) is 3.17. The van der Waals surface area contributed by atoms with Gasteiger partial charge in [-0.3, -0.25) is 14.5 Å². The number of carbonyl (C=O) groups is 2. The molecule has 0 bridgehead atoms. The molecule has 1 aromatic heterocycles. The van der Waals surface area contributed by atoms with Crippen molar-refractivity contribution in [2.24, 2.45) is 0 Å². The molecule has 1 aliphatic heterocycles. The van der Waals surface area contributed by atoms with Crippen molar-refractivity contribution in [1.29, 1.82) is 0 Å². The average Bonchev–Trinajstić information content (AvgIpc) is 3.25. The molecule has 25 heavy (non-hydrogen) atoms. The Morgan fingerprint density at radius 1 is 1.32 bits per heavy atom. The lowest BCUT2D eigenvalue weighted by atomic mass is 10.2. The van der Waals surface area contributed by atoms with Gasteiger partial charge in [0.05, 0.1) is 24.9 Å². The lowest BCUT2D eigenvalue weighted by molar-refractivity contribution is -0.125. The third-order valence-electron chi connectivity index (χ3n) is 4.52. The van der Waals surface area contributed by atoms with E-state index in [9.17, 15) is 9.59 Å². The molecule has 1 fully saturated rings. The van der Waals surface area contributed by atoms with Crippen LogP contribution < -0.4 is 10.2 Å². The second kappa shape index (κ2) is 7.53. The lowest BCUT2D eigenvalue weighted by Crippen LogP contribution is -2.45. The highest BCUT2D eigenvalue weighted by molar-refractivity contribution is 5.99. The van der Waals surface area contributed by atoms with E-state index >= 15 is 0 Å². The Morgan fingerprint density at radius 2 is 2.08 bits per heavy atom. The number of anilines is 1. The first-order valence-electron chi connectivity index (χ1n) is 8.45. The van der Waals surface area contributed by atoms with Crippen molar-refractivity contribution in [3.8, 4) is 0 Å². The van der Waals surface area contributed by atoms with Gasteiger partial charge in [-0.15, -0.1) is 0 Å². The predicted octanol–water partition coefficient (Wildman–Crippen LogP) is 2.19. The molecular formula is C19H23N3O3. The van der Waals surface area contributed by atoms with E-state index in [0.29, 0.717) is 18.7 Å². The lowest BCUT2D eigenvalue weighted by Gasteiger charge is -2.24. The van der Waals surface area contributed by atoms with Crippen LogP contribution in [-0.2, 0) is 9.59 Å². The van der Waals surface area contributed by atoms with Crippen molar-refractivity contribution < 1.29 is 14.0 Å². The van der Waals surface area contributed by atoms with E-state index in [4.69, 9.17) is 4.42 Å². The standard InChI is InChI=1S/C19H23N3O3/c1-14(17-9-6-12-25-17)20-18(23)13-21(2)16-10-11-22(19(16)24)15-7-4-3-5-8-15/h3-9,12,14,16H,10-11,13H2,1-2H3,(H,20,23)/t14-,16+/m0/s1. The zero-order valence-electron chi connectivity index (χ0n) is 14.5. The Labute approximate surface area is 147 Å². The van der Waals surface area contributed by atoms with Gasteiger partial charge in [-0.1, -0.05) is 18.2 Å². The third-order valence-corrected chi connectivity index (χ3v) is 4.52. The van der Waals surface area contributed by atoms with Crippen molar-refractivity contribution in [2.75, 3.05) is 25.0 Å². The van der Waals surface area contributed by atoms with Crippen LogP contribution in [0.2, 0.25) is 0 Å². The molecule has 3 rings (SSSR count). The molecule has 0 aliphatic carbocycles. The number of likely N-dealkylation sites (N-methyl/N-ethyl adjacent to an activating group) is 1. The number of carbonyl (C=O) groups excluding carboxylic acids is 2. The molecule has 132 valence electrons. The summed E-state index contributed by atoms with van der Waals surface area (Å²) in [5, 5.41) is 2.90. The molecule has 2 aromatic rings. The minimum Gasteiger partial charge on any atom is -0.467 e. The molecule has 6 nitrogen and oxygen atoms in total. The van der Waals surface area contributed by atoms with Gasteiger partial charge in [-0.05, 0) is 44.7 Å². The van der Waals surface area contributed by atoms with Gasteiger partial charge in [-0.25, -0.2) is 0 Å². The largest absolute Gasteiger partial charge is 0.467 e. The summed E-state index contributed by atoms with van der Waals surface area (Å²) in [5.41, 5.74) is 0.902. The topological polar surface area (TPSA) is 65.8 Å². The maximum Gasteiger partial charge on any atom is 0.244 e. The second-order valence-corrected chi connectivity index (χ2v) is 6.35. The van der Waals surface area contributed by atoms with Crippen LogP contribution in [0.15, 0.2) is 53.1 Å². The highest BCUT2D eigenvalue weighted by atomic mass is 16.3. The maximum absolute atomic E-state index is 12.7. The van der Waals surface area contributed by atoms with Crippen molar-refractivity contribution in [1.82, 2.24) is 10.2 Å². The Morgan fingerprint density at radius 3 is 2.76 bits per heavy atom. The minimum atomic E-state index is -0.273. The summed E-state index contributed by atoms with van der Waals surface area (Å²) >= 11 is 0. The zero-order valence-corrected chi connectivity index (χ0v) is 14.5. The molecular weight excluding hydrogens is 318 g/mol. The summed E-state index contributed by atoms with van der Waals surface area (Å²) < 4.78 is 5.29. The van der Waals surface area contributed by atoms with Gasteiger partial charge in [-0.2, -0.15) is 0 Å². The van der Waals surface area contributed by atoms with Crippen molar-refractivity contribution in [2.45, 2.75) is 25.4 Å². The summed E-state index contributed by atoms with van der Waals surface area (Å²) in [5.74, 6) is 0.626. The van der Waals surface area contributed by atoms with E-state index < -0.39 is 0 Å². The van der Waals surface area contributed by atoms with Gasteiger partial charge < -0.3 is 14.6 Å². The average molecular weight is 341 g/mol. The Hall–Kier alpha value is -2.60. The van der Waals surface area contributed by atoms with Gasteiger partial charge in [0.15, 0.2) is 0 Å². The summed E-state index contributed by atoms with van der Waals surface area (Å²) in [6.07, 6.45) is 2.30. The highest BCUT2D eigenvalue weighted by Gasteiger charge is 2.35. The number of hydrogen-bond acceptors (Lipinski definition) is 4. The molecule has 2 atom stereocenters. The quantitative estimate of drug-likeness (QED) is 0.875. The third kappa shape index (κ3) is 3.91. The molecule has 2 heterocycles. The van der Waals surface area contributed by atoms with E-state index in [-0.39, 0.29) is 30.4 Å². The SMILES string of the molecule is C[C@H](NC(=O)CN(C)[C@@H]1CCN(c2ccccc2)C1=O)c1ccco1. The number of furan rings is 1. The molecule has 0 radical (unpaired) electrons. The zero-order chi connectivity index (χ0) is 17.8. The van der Waals surface area contributed by atoms with Crippen LogP contribution in [0.4, 0.5) is 5.69 Å². The number of nitrogens with zero attached hydrogens (tertiary/aromatic N) is 2. The number of amides is 2. The van der Waals surface area contributed by atoms with Crippen LogP contribution >= 0.6 is 0 Å². The number of para-hydroxylation sites is 1. The molecule has 2 amide bonds. The molecule has 0 spiro atoms. The van der Waals surface area contributed by atoms with Crippen LogP contribution in [0, 0.1) is 0 Å². The fraction of sp³-hybridized carbons (Fsp3) is 0.368. The van der Waals surface area contributed by atoms with E-state index in [1.54, 1.807) is 17.2 Å². The van der Waals surface area contributed by atoms with Crippen molar-refractivity contribution in [3.63, 3.8) is 0 Å². The van der Waals surface area contributed by atoms with Crippen LogP contribution in [0.3, 0.4) is 0 Å². The molecule has 1 aromatic carbocycles. The number of benzene rings is 1. The van der Waals surface area contributed by atoms with Crippen LogP contribution in [0.1, 0.15) is 25.1 Å². The van der Waals surface area contributed by atoms with Crippen LogP contribution in [0.5, 0.6) is 0 Å². The summed E-state index contributed by atoms with van der Waals surface area (Å²) in [7, 11) is 1.81. The fourth-order valence-electron chi connectivity index (χ4n) is 3.17. The van der Waals surface area contributed by atoms with Crippen LogP contribution in [-0.4, -0.2) is 42.9 Å². The first-order valence-corrected chi connectivity index (χ1v) is 8.45. The van der Waals surface area contributed by atoms with Crippen molar-refractivity contribution in [3.05, 3.63) is 54.5 Å². The molecule has 0 unspecified atom stereocenters. The molecule has 1 saturated heterocycles. The maximum atomic E-state index is 12.7. The number of nitrogens with one attached hydrogen (secondary N) is 1. The first kappa shape index (κ1) is 17.2. The van der Waals surface area contributed by atoms with Gasteiger partial charge in [0.25, 0.3) is 0 Å². The number of hydrogen-bond donors (Lipinski definition) is 1. The molecule has 0 saturated carbocycles. The van der Waals surface area contributed by atoms with Crippen LogP contribution in [0.25, 0.3) is 0 Å². The first-order chi connectivity index (χ1) is 12.1. The Balaban J connectivity index is 1.55. The second-order valence-electron chi connectivity index (χ2n) is 6.35. The summed E-state index contributed by atoms with van der Waals surface area (Å²) in [4.78, 5) is 28.5. The summed E-state index contributed by atoms with van der Waals surface area (Å²) in [6.45, 7) is 2.71. The predicted molar refractivity (Wildman–Crippen MR) is 95.1 cm³/mol. The Kier molecular flexibility index (Phi) is 5.19. The monoisotopic (exact) mass is 341 g/mol. The molecule has 1 N–H and O–H groups in total. The van der Waals surface area contributed by atoms with E-state index in [0.717, 1.165) is 5.69 Å². The van der Waals surface area contributed by atoms with Gasteiger partial charge in [0.2, 0.25) is 11.8 Å². The van der Waals surface area contributed by atoms with E-state index in [1.807, 2.05) is 55.3 Å². The minimum absolute atomic E-state index is 0.0422. The van der Waals surface area contributed by atoms with Gasteiger partial charge >= 0.3 is 0 Å². The molecule has 1 aliphatic rings. The van der Waals surface area contributed by atoms with Gasteiger partial charge in [0.1, 0.15) is 5.76 Å². The summed E-state index contributed by atoms with van der Waals surface area (Å²) in [6, 6.07) is 12.8. The smallest absolute Gasteiger partial charge is 0.244 e. The molecule has 6 heteroatoms.